The maximum Gasteiger partial charge on any atom is 0.198 e. The van der Waals surface area contributed by atoms with Crippen molar-refractivity contribution in [3.05, 3.63) is 42.7 Å². The molecule has 6 nitrogen and oxygen atoms in total. The molecule has 3 heterocycles. The zero-order valence-electron chi connectivity index (χ0n) is 11.3. The van der Waals surface area contributed by atoms with Crippen molar-refractivity contribution in [1.82, 2.24) is 19.6 Å². The molecule has 106 valence electrons. The first kappa shape index (κ1) is 12.9. The molecule has 0 bridgehead atoms. The van der Waals surface area contributed by atoms with Gasteiger partial charge in [0.1, 0.15) is 0 Å². The van der Waals surface area contributed by atoms with E-state index in [0.29, 0.717) is 28.1 Å². The number of para-hydroxylation sites is 1. The van der Waals surface area contributed by atoms with E-state index in [4.69, 9.17) is 9.68 Å². The molecule has 0 aliphatic carbocycles. The summed E-state index contributed by atoms with van der Waals surface area (Å²) in [5.74, 6) is 1.56. The van der Waals surface area contributed by atoms with Crippen LogP contribution in [-0.4, -0.2) is 25.3 Å². The van der Waals surface area contributed by atoms with Gasteiger partial charge in [-0.25, -0.2) is 4.98 Å². The summed E-state index contributed by atoms with van der Waals surface area (Å²) < 4.78 is 7.33. The fourth-order valence-electron chi connectivity index (χ4n) is 2.32. The van der Waals surface area contributed by atoms with Crippen LogP contribution in [0, 0.1) is 11.3 Å². The summed E-state index contributed by atoms with van der Waals surface area (Å²) in [6.07, 6.45) is 1.60. The van der Waals surface area contributed by atoms with E-state index in [1.54, 1.807) is 6.26 Å². The van der Waals surface area contributed by atoms with Gasteiger partial charge in [0.25, 0.3) is 0 Å². The molecule has 4 aromatic rings. The van der Waals surface area contributed by atoms with E-state index < -0.39 is 0 Å². The number of rotatable bonds is 3. The molecule has 0 saturated carbocycles. The van der Waals surface area contributed by atoms with Crippen LogP contribution in [0.5, 0.6) is 0 Å². The number of aromatic nitrogens is 4. The molecule has 0 spiro atoms. The Morgan fingerprint density at radius 2 is 2.09 bits per heavy atom. The second-order valence-electron chi connectivity index (χ2n) is 4.52. The topological polar surface area (TPSA) is 80.0 Å². The van der Waals surface area contributed by atoms with E-state index in [-0.39, 0.29) is 0 Å². The van der Waals surface area contributed by atoms with Crippen molar-refractivity contribution >= 4 is 28.3 Å². The first-order valence-corrected chi connectivity index (χ1v) is 7.54. The number of nitriles is 1. The highest BCUT2D eigenvalue weighted by molar-refractivity contribution is 7.99. The van der Waals surface area contributed by atoms with Gasteiger partial charge in [0.05, 0.1) is 23.6 Å². The lowest BCUT2D eigenvalue weighted by Crippen LogP contribution is -1.98. The molecule has 22 heavy (non-hydrogen) atoms. The third-order valence-electron chi connectivity index (χ3n) is 3.22. The van der Waals surface area contributed by atoms with Crippen LogP contribution in [0.25, 0.3) is 28.1 Å². The minimum absolute atomic E-state index is 0.297. The fraction of sp³-hybridized carbons (Fsp3) is 0.0667. The molecule has 0 N–H and O–H groups in total. The predicted molar refractivity (Wildman–Crippen MR) is 82.3 cm³/mol. The minimum Gasteiger partial charge on any atom is -0.461 e. The van der Waals surface area contributed by atoms with Crippen LogP contribution in [0.15, 0.2) is 52.2 Å². The van der Waals surface area contributed by atoms with Crippen molar-refractivity contribution in [3.8, 4) is 17.7 Å². The lowest BCUT2D eigenvalue weighted by atomic mass is 10.2. The minimum atomic E-state index is 0.297. The second-order valence-corrected chi connectivity index (χ2v) is 5.46. The average molecular weight is 307 g/mol. The van der Waals surface area contributed by atoms with Gasteiger partial charge in [0, 0.05) is 5.39 Å². The lowest BCUT2D eigenvalue weighted by Gasteiger charge is -2.06. The van der Waals surface area contributed by atoms with Gasteiger partial charge in [0.15, 0.2) is 22.4 Å². The Labute approximate surface area is 129 Å². The fourth-order valence-corrected chi connectivity index (χ4v) is 2.92. The van der Waals surface area contributed by atoms with Gasteiger partial charge in [-0.05, 0) is 24.3 Å². The first-order valence-electron chi connectivity index (χ1n) is 6.56. The molecule has 0 saturated heterocycles. The summed E-state index contributed by atoms with van der Waals surface area (Å²) in [7, 11) is 0. The van der Waals surface area contributed by atoms with Crippen LogP contribution in [0.3, 0.4) is 0 Å². The quantitative estimate of drug-likeness (QED) is 0.541. The van der Waals surface area contributed by atoms with Crippen molar-refractivity contribution in [3.63, 3.8) is 0 Å². The zero-order valence-corrected chi connectivity index (χ0v) is 12.1. The van der Waals surface area contributed by atoms with Gasteiger partial charge >= 0.3 is 0 Å². The normalized spacial score (nSPS) is 11.0. The highest BCUT2D eigenvalue weighted by Gasteiger charge is 2.17. The van der Waals surface area contributed by atoms with Gasteiger partial charge in [-0.1, -0.05) is 23.9 Å². The van der Waals surface area contributed by atoms with E-state index in [1.165, 1.54) is 11.8 Å². The summed E-state index contributed by atoms with van der Waals surface area (Å²) in [6.45, 7) is 0. The van der Waals surface area contributed by atoms with Crippen LogP contribution in [-0.2, 0) is 0 Å². The van der Waals surface area contributed by atoms with Crippen LogP contribution in [0.1, 0.15) is 0 Å². The highest BCUT2D eigenvalue weighted by Crippen LogP contribution is 2.28. The first-order chi connectivity index (χ1) is 10.9. The van der Waals surface area contributed by atoms with Crippen LogP contribution in [0.2, 0.25) is 0 Å². The SMILES string of the molecule is N#CCSc1nnc2c3ccccc3nc(-c3ccco3)n12. The molecular formula is C15H9N5OS. The van der Waals surface area contributed by atoms with Crippen molar-refractivity contribution in [2.24, 2.45) is 0 Å². The molecule has 4 rings (SSSR count). The molecule has 0 fully saturated rings. The molecule has 0 atom stereocenters. The van der Waals surface area contributed by atoms with E-state index in [2.05, 4.69) is 21.3 Å². The van der Waals surface area contributed by atoms with Crippen molar-refractivity contribution in [2.75, 3.05) is 5.75 Å². The van der Waals surface area contributed by atoms with Gasteiger partial charge in [-0.15, -0.1) is 10.2 Å². The van der Waals surface area contributed by atoms with Crippen LogP contribution < -0.4 is 0 Å². The third-order valence-corrected chi connectivity index (χ3v) is 4.02. The lowest BCUT2D eigenvalue weighted by molar-refractivity contribution is 0.575. The molecule has 0 unspecified atom stereocenters. The maximum atomic E-state index is 8.80. The molecular weight excluding hydrogens is 298 g/mol. The molecule has 0 aliphatic rings. The van der Waals surface area contributed by atoms with Crippen molar-refractivity contribution < 1.29 is 4.42 Å². The standard InChI is InChI=1S/C15H9N5OS/c16-7-9-22-15-19-18-13-10-4-1-2-5-11(10)17-14(20(13)15)12-6-3-8-21-12/h1-6,8H,9H2. The van der Waals surface area contributed by atoms with Gasteiger partial charge in [0.2, 0.25) is 0 Å². The number of hydrogen-bond donors (Lipinski definition) is 0. The van der Waals surface area contributed by atoms with Gasteiger partial charge in [-0.2, -0.15) is 5.26 Å². The Morgan fingerprint density at radius 1 is 1.18 bits per heavy atom. The molecule has 0 amide bonds. The summed E-state index contributed by atoms with van der Waals surface area (Å²) in [5, 5.41) is 18.8. The van der Waals surface area contributed by atoms with Gasteiger partial charge in [-0.3, -0.25) is 4.40 Å². The second kappa shape index (κ2) is 5.16. The number of hydrogen-bond acceptors (Lipinski definition) is 6. The Hall–Kier alpha value is -2.85. The molecule has 3 aromatic heterocycles. The Morgan fingerprint density at radius 3 is 2.91 bits per heavy atom. The van der Waals surface area contributed by atoms with Crippen LogP contribution in [0.4, 0.5) is 0 Å². The van der Waals surface area contributed by atoms with E-state index in [1.807, 2.05) is 40.8 Å². The smallest absolute Gasteiger partial charge is 0.198 e. The third kappa shape index (κ3) is 1.93. The number of fused-ring (bicyclic) bond motifs is 3. The summed E-state index contributed by atoms with van der Waals surface area (Å²) in [5.41, 5.74) is 1.53. The maximum absolute atomic E-state index is 8.80. The predicted octanol–water partition coefficient (Wildman–Crippen LogP) is 3.15. The molecule has 7 heteroatoms. The summed E-state index contributed by atoms with van der Waals surface area (Å²) in [6, 6.07) is 13.5. The number of furan rings is 1. The summed E-state index contributed by atoms with van der Waals surface area (Å²) >= 11 is 1.32. The monoisotopic (exact) mass is 307 g/mol. The van der Waals surface area contributed by atoms with Crippen molar-refractivity contribution in [2.45, 2.75) is 5.16 Å². The number of benzene rings is 1. The largest absolute Gasteiger partial charge is 0.461 e. The van der Waals surface area contributed by atoms with Crippen molar-refractivity contribution in [1.29, 1.82) is 5.26 Å². The van der Waals surface area contributed by atoms with Gasteiger partial charge < -0.3 is 4.42 Å². The highest BCUT2D eigenvalue weighted by atomic mass is 32.2. The van der Waals surface area contributed by atoms with Crippen LogP contribution >= 0.6 is 11.8 Å². The Kier molecular flexibility index (Phi) is 3.02. The molecule has 0 radical (unpaired) electrons. The molecule has 1 aromatic carbocycles. The molecule has 0 aliphatic heterocycles. The average Bonchev–Trinajstić information content (AvgIpc) is 3.22. The van der Waals surface area contributed by atoms with E-state index in [0.717, 1.165) is 10.9 Å². The number of nitrogens with zero attached hydrogens (tertiary/aromatic N) is 5. The van der Waals surface area contributed by atoms with E-state index >= 15 is 0 Å². The van der Waals surface area contributed by atoms with E-state index in [9.17, 15) is 0 Å². The summed E-state index contributed by atoms with van der Waals surface area (Å²) in [4.78, 5) is 4.68. The Balaban J connectivity index is 2.09. The Bertz CT molecular complexity index is 1000. The zero-order chi connectivity index (χ0) is 14.9. The number of thioether (sulfide) groups is 1.